The van der Waals surface area contributed by atoms with E-state index in [0.717, 1.165) is 44.6 Å². The summed E-state index contributed by atoms with van der Waals surface area (Å²) in [4.78, 5) is 28.6. The van der Waals surface area contributed by atoms with Gasteiger partial charge in [-0.15, -0.1) is 0 Å². The van der Waals surface area contributed by atoms with E-state index in [2.05, 4.69) is 23.6 Å². The van der Waals surface area contributed by atoms with Crippen LogP contribution in [0.4, 0.5) is 0 Å². The molecule has 3 rings (SSSR count). The summed E-state index contributed by atoms with van der Waals surface area (Å²) in [5.74, 6) is 0.315. The van der Waals surface area contributed by atoms with Gasteiger partial charge in [0.05, 0.1) is 12.5 Å². The third-order valence-electron chi connectivity index (χ3n) is 6.05. The minimum atomic E-state index is -0.723. The number of carboxylic acids is 1. The summed E-state index contributed by atoms with van der Waals surface area (Å²) in [6.45, 7) is 6.16. The van der Waals surface area contributed by atoms with E-state index in [9.17, 15) is 14.7 Å². The standard InChI is InChI=1S/C19H32N2O3/c1-13-3-5-16(6-4-13)21(17-7-8-17)18(22)12-20-10-14(2)9-15(11-20)19(23)24/h13-17H,3-12H2,1-2H3,(H,23,24). The Hall–Kier alpha value is -1.10. The lowest BCUT2D eigenvalue weighted by Crippen LogP contribution is -2.51. The second-order valence-corrected chi connectivity index (χ2v) is 8.52. The predicted molar refractivity (Wildman–Crippen MR) is 92.6 cm³/mol. The Balaban J connectivity index is 1.60. The van der Waals surface area contributed by atoms with Crippen LogP contribution in [0.3, 0.4) is 0 Å². The molecule has 1 heterocycles. The fourth-order valence-corrected chi connectivity index (χ4v) is 4.62. The van der Waals surface area contributed by atoms with Gasteiger partial charge in [0.15, 0.2) is 0 Å². The molecule has 1 aliphatic heterocycles. The van der Waals surface area contributed by atoms with Crippen LogP contribution in [-0.2, 0) is 9.59 Å². The Morgan fingerprint density at radius 3 is 2.08 bits per heavy atom. The van der Waals surface area contributed by atoms with Gasteiger partial charge in [-0.2, -0.15) is 0 Å². The molecule has 0 spiro atoms. The molecule has 2 aliphatic carbocycles. The SMILES string of the molecule is CC1CCC(N(C(=O)CN2CC(C)CC(C(=O)O)C2)C2CC2)CC1. The van der Waals surface area contributed by atoms with Crippen molar-refractivity contribution in [3.8, 4) is 0 Å². The van der Waals surface area contributed by atoms with E-state index in [4.69, 9.17) is 0 Å². The van der Waals surface area contributed by atoms with Gasteiger partial charge in [0.2, 0.25) is 5.91 Å². The number of likely N-dealkylation sites (tertiary alicyclic amines) is 1. The fourth-order valence-electron chi connectivity index (χ4n) is 4.62. The molecule has 3 fully saturated rings. The number of amides is 1. The first-order valence-electron chi connectivity index (χ1n) is 9.70. The van der Waals surface area contributed by atoms with E-state index in [0.29, 0.717) is 31.1 Å². The molecule has 0 bridgehead atoms. The highest BCUT2D eigenvalue weighted by Gasteiger charge is 2.39. The Labute approximate surface area is 145 Å². The van der Waals surface area contributed by atoms with Crippen molar-refractivity contribution in [1.82, 2.24) is 9.80 Å². The van der Waals surface area contributed by atoms with Crippen molar-refractivity contribution in [1.29, 1.82) is 0 Å². The van der Waals surface area contributed by atoms with Crippen molar-refractivity contribution < 1.29 is 14.7 Å². The quantitative estimate of drug-likeness (QED) is 0.838. The van der Waals surface area contributed by atoms with E-state index >= 15 is 0 Å². The van der Waals surface area contributed by atoms with Crippen LogP contribution in [-0.4, -0.2) is 58.5 Å². The minimum absolute atomic E-state index is 0.232. The second-order valence-electron chi connectivity index (χ2n) is 8.52. The highest BCUT2D eigenvalue weighted by molar-refractivity contribution is 5.79. The molecule has 2 unspecified atom stereocenters. The van der Waals surface area contributed by atoms with Gasteiger partial charge in [0, 0.05) is 25.2 Å². The molecular weight excluding hydrogens is 304 g/mol. The first-order valence-corrected chi connectivity index (χ1v) is 9.70. The normalized spacial score (nSPS) is 34.8. The van der Waals surface area contributed by atoms with Crippen LogP contribution in [0.2, 0.25) is 0 Å². The summed E-state index contributed by atoms with van der Waals surface area (Å²) < 4.78 is 0. The zero-order valence-electron chi connectivity index (χ0n) is 15.1. The number of carbonyl (C=O) groups excluding carboxylic acids is 1. The van der Waals surface area contributed by atoms with E-state index in [1.54, 1.807) is 0 Å². The van der Waals surface area contributed by atoms with E-state index in [1.807, 2.05) is 0 Å². The number of aliphatic carboxylic acids is 1. The van der Waals surface area contributed by atoms with Crippen LogP contribution in [0, 0.1) is 17.8 Å². The lowest BCUT2D eigenvalue weighted by atomic mass is 9.86. The van der Waals surface area contributed by atoms with Crippen LogP contribution in [0.5, 0.6) is 0 Å². The molecule has 1 saturated heterocycles. The van der Waals surface area contributed by atoms with Gasteiger partial charge in [-0.05, 0) is 56.8 Å². The van der Waals surface area contributed by atoms with Crippen molar-refractivity contribution >= 4 is 11.9 Å². The van der Waals surface area contributed by atoms with Crippen LogP contribution in [0.15, 0.2) is 0 Å². The number of nitrogens with zero attached hydrogens (tertiary/aromatic N) is 2. The van der Waals surface area contributed by atoms with Crippen LogP contribution < -0.4 is 0 Å². The third kappa shape index (κ3) is 4.29. The second kappa shape index (κ2) is 7.42. The number of hydrogen-bond acceptors (Lipinski definition) is 3. The molecule has 1 amide bonds. The Morgan fingerprint density at radius 1 is 0.958 bits per heavy atom. The summed E-state index contributed by atoms with van der Waals surface area (Å²) in [6, 6.07) is 0.868. The fraction of sp³-hybridized carbons (Fsp3) is 0.895. The van der Waals surface area contributed by atoms with Gasteiger partial charge in [0.25, 0.3) is 0 Å². The van der Waals surface area contributed by atoms with Gasteiger partial charge in [-0.25, -0.2) is 0 Å². The largest absolute Gasteiger partial charge is 0.481 e. The molecule has 5 nitrogen and oxygen atoms in total. The number of carboxylic acid groups (broad SMARTS) is 1. The van der Waals surface area contributed by atoms with E-state index in [-0.39, 0.29) is 11.8 Å². The maximum absolute atomic E-state index is 13.0. The molecular formula is C19H32N2O3. The predicted octanol–water partition coefficient (Wildman–Crippen LogP) is 2.60. The van der Waals surface area contributed by atoms with Crippen molar-refractivity contribution in [2.75, 3.05) is 19.6 Å². The van der Waals surface area contributed by atoms with Crippen molar-refractivity contribution in [3.05, 3.63) is 0 Å². The van der Waals surface area contributed by atoms with Crippen molar-refractivity contribution in [2.24, 2.45) is 17.8 Å². The highest BCUT2D eigenvalue weighted by Crippen LogP contribution is 2.35. The highest BCUT2D eigenvalue weighted by atomic mass is 16.4. The van der Waals surface area contributed by atoms with Gasteiger partial charge < -0.3 is 10.0 Å². The lowest BCUT2D eigenvalue weighted by molar-refractivity contribution is -0.146. The van der Waals surface area contributed by atoms with Crippen molar-refractivity contribution in [3.63, 3.8) is 0 Å². The maximum Gasteiger partial charge on any atom is 0.307 e. The molecule has 3 aliphatic rings. The van der Waals surface area contributed by atoms with Crippen LogP contribution in [0.1, 0.15) is 58.8 Å². The summed E-state index contributed by atoms with van der Waals surface area (Å²) in [7, 11) is 0. The number of carbonyl (C=O) groups is 2. The molecule has 0 aromatic carbocycles. The third-order valence-corrected chi connectivity index (χ3v) is 6.05. The summed E-state index contributed by atoms with van der Waals surface area (Å²) in [6.07, 6.45) is 7.74. The maximum atomic E-state index is 13.0. The molecule has 0 radical (unpaired) electrons. The minimum Gasteiger partial charge on any atom is -0.481 e. The molecule has 136 valence electrons. The summed E-state index contributed by atoms with van der Waals surface area (Å²) in [5.41, 5.74) is 0. The van der Waals surface area contributed by atoms with Crippen molar-refractivity contribution in [2.45, 2.75) is 70.9 Å². The summed E-state index contributed by atoms with van der Waals surface area (Å²) >= 11 is 0. The first-order chi connectivity index (χ1) is 11.4. The number of rotatable bonds is 5. The van der Waals surface area contributed by atoms with Gasteiger partial charge in [-0.3, -0.25) is 14.5 Å². The topological polar surface area (TPSA) is 60.9 Å². The zero-order chi connectivity index (χ0) is 17.3. The molecule has 2 saturated carbocycles. The molecule has 24 heavy (non-hydrogen) atoms. The average molecular weight is 336 g/mol. The van der Waals surface area contributed by atoms with Gasteiger partial charge in [-0.1, -0.05) is 13.8 Å². The molecule has 2 atom stereocenters. The summed E-state index contributed by atoms with van der Waals surface area (Å²) in [5, 5.41) is 9.32. The average Bonchev–Trinajstić information content (AvgIpc) is 3.33. The Morgan fingerprint density at radius 2 is 1.54 bits per heavy atom. The monoisotopic (exact) mass is 336 g/mol. The van der Waals surface area contributed by atoms with Gasteiger partial charge in [0.1, 0.15) is 0 Å². The molecule has 0 aromatic heterocycles. The van der Waals surface area contributed by atoms with Crippen LogP contribution >= 0.6 is 0 Å². The Bertz CT molecular complexity index is 469. The zero-order valence-corrected chi connectivity index (χ0v) is 15.1. The first kappa shape index (κ1) is 17.7. The van der Waals surface area contributed by atoms with E-state index < -0.39 is 5.97 Å². The van der Waals surface area contributed by atoms with Gasteiger partial charge >= 0.3 is 5.97 Å². The molecule has 0 aromatic rings. The Kier molecular flexibility index (Phi) is 5.48. The molecule has 1 N–H and O–H groups in total. The number of piperidine rings is 1. The lowest BCUT2D eigenvalue weighted by Gasteiger charge is -2.39. The van der Waals surface area contributed by atoms with Crippen LogP contribution in [0.25, 0.3) is 0 Å². The smallest absolute Gasteiger partial charge is 0.307 e. The number of hydrogen-bond donors (Lipinski definition) is 1. The van der Waals surface area contributed by atoms with E-state index in [1.165, 1.54) is 12.8 Å². The molecule has 5 heteroatoms.